The van der Waals surface area contributed by atoms with Gasteiger partial charge in [0.2, 0.25) is 0 Å². The minimum atomic E-state index is 0.184. The molecule has 0 unspecified atom stereocenters. The molecule has 0 amide bonds. The molecule has 0 radical (unpaired) electrons. The van der Waals surface area contributed by atoms with Crippen LogP contribution < -0.4 is 10.1 Å². The van der Waals surface area contributed by atoms with E-state index < -0.39 is 0 Å². The molecule has 0 aliphatic rings. The van der Waals surface area contributed by atoms with E-state index in [0.29, 0.717) is 6.54 Å². The van der Waals surface area contributed by atoms with E-state index in [1.54, 1.807) is 0 Å². The highest BCUT2D eigenvalue weighted by atomic mass is 16.5. The molecule has 0 saturated carbocycles. The zero-order chi connectivity index (χ0) is 13.0. The Hall–Kier alpha value is -1.81. The van der Waals surface area contributed by atoms with E-state index >= 15 is 0 Å². The van der Waals surface area contributed by atoms with Gasteiger partial charge in [-0.25, -0.2) is 0 Å². The SMILES string of the molecule is CNCc1cc(-c2ccc(OC(C)C)cc2)on1. The minimum Gasteiger partial charge on any atom is -0.491 e. The summed E-state index contributed by atoms with van der Waals surface area (Å²) in [5.41, 5.74) is 1.90. The van der Waals surface area contributed by atoms with Crippen LogP contribution in [0.15, 0.2) is 34.9 Å². The summed E-state index contributed by atoms with van der Waals surface area (Å²) in [5.74, 6) is 1.64. The summed E-state index contributed by atoms with van der Waals surface area (Å²) in [4.78, 5) is 0. The van der Waals surface area contributed by atoms with Crippen molar-refractivity contribution < 1.29 is 9.26 Å². The van der Waals surface area contributed by atoms with Gasteiger partial charge in [-0.05, 0) is 45.2 Å². The molecule has 1 aromatic carbocycles. The molecule has 0 spiro atoms. The third-order valence-electron chi connectivity index (χ3n) is 2.43. The Morgan fingerprint density at radius 3 is 2.61 bits per heavy atom. The Balaban J connectivity index is 2.12. The first kappa shape index (κ1) is 12.6. The Morgan fingerprint density at radius 2 is 2.00 bits per heavy atom. The highest BCUT2D eigenvalue weighted by Gasteiger charge is 2.06. The molecule has 0 aliphatic carbocycles. The Labute approximate surface area is 107 Å². The number of benzene rings is 1. The molecule has 18 heavy (non-hydrogen) atoms. The summed E-state index contributed by atoms with van der Waals surface area (Å²) in [7, 11) is 1.88. The fraction of sp³-hybridized carbons (Fsp3) is 0.357. The Morgan fingerprint density at radius 1 is 1.28 bits per heavy atom. The lowest BCUT2D eigenvalue weighted by molar-refractivity contribution is 0.242. The Bertz CT molecular complexity index is 489. The van der Waals surface area contributed by atoms with Gasteiger partial charge in [-0.1, -0.05) is 5.16 Å². The van der Waals surface area contributed by atoms with Crippen LogP contribution in [-0.2, 0) is 6.54 Å². The monoisotopic (exact) mass is 246 g/mol. The fourth-order valence-electron chi connectivity index (χ4n) is 1.68. The van der Waals surface area contributed by atoms with Crippen molar-refractivity contribution >= 4 is 0 Å². The number of rotatable bonds is 5. The molecule has 1 N–H and O–H groups in total. The van der Waals surface area contributed by atoms with Crippen LogP contribution in [0.1, 0.15) is 19.5 Å². The first-order chi connectivity index (χ1) is 8.69. The summed E-state index contributed by atoms with van der Waals surface area (Å²) < 4.78 is 10.9. The van der Waals surface area contributed by atoms with E-state index in [9.17, 15) is 0 Å². The van der Waals surface area contributed by atoms with Crippen molar-refractivity contribution in [2.24, 2.45) is 0 Å². The molecule has 0 fully saturated rings. The van der Waals surface area contributed by atoms with E-state index in [4.69, 9.17) is 9.26 Å². The van der Waals surface area contributed by atoms with Gasteiger partial charge in [-0.15, -0.1) is 0 Å². The van der Waals surface area contributed by atoms with Gasteiger partial charge >= 0.3 is 0 Å². The van der Waals surface area contributed by atoms with E-state index in [0.717, 1.165) is 22.8 Å². The predicted octanol–water partition coefficient (Wildman–Crippen LogP) is 2.85. The van der Waals surface area contributed by atoms with E-state index in [1.807, 2.05) is 51.2 Å². The second-order valence-corrected chi connectivity index (χ2v) is 4.40. The van der Waals surface area contributed by atoms with Gasteiger partial charge in [-0.2, -0.15) is 0 Å². The average Bonchev–Trinajstić information content (AvgIpc) is 2.78. The number of hydrogen-bond donors (Lipinski definition) is 1. The number of nitrogens with zero attached hydrogens (tertiary/aromatic N) is 1. The molecule has 0 bridgehead atoms. The van der Waals surface area contributed by atoms with Crippen molar-refractivity contribution in [3.05, 3.63) is 36.0 Å². The molecule has 0 atom stereocenters. The molecule has 4 heteroatoms. The van der Waals surface area contributed by atoms with Gasteiger partial charge in [0.15, 0.2) is 5.76 Å². The first-order valence-electron chi connectivity index (χ1n) is 6.06. The zero-order valence-electron chi connectivity index (χ0n) is 10.9. The van der Waals surface area contributed by atoms with E-state index in [2.05, 4.69) is 10.5 Å². The fourth-order valence-corrected chi connectivity index (χ4v) is 1.68. The first-order valence-corrected chi connectivity index (χ1v) is 6.06. The number of aromatic nitrogens is 1. The summed E-state index contributed by atoms with van der Waals surface area (Å²) in [6.45, 7) is 4.72. The van der Waals surface area contributed by atoms with Crippen molar-refractivity contribution in [3.63, 3.8) is 0 Å². The number of hydrogen-bond acceptors (Lipinski definition) is 4. The second kappa shape index (κ2) is 5.69. The van der Waals surface area contributed by atoms with Crippen LogP contribution >= 0.6 is 0 Å². The Kier molecular flexibility index (Phi) is 3.99. The third kappa shape index (κ3) is 3.11. The topological polar surface area (TPSA) is 47.3 Å². The van der Waals surface area contributed by atoms with Crippen LogP contribution in [-0.4, -0.2) is 18.3 Å². The predicted molar refractivity (Wildman–Crippen MR) is 70.5 cm³/mol. The lowest BCUT2D eigenvalue weighted by Gasteiger charge is -2.09. The number of nitrogens with one attached hydrogen (secondary N) is 1. The second-order valence-electron chi connectivity index (χ2n) is 4.40. The zero-order valence-corrected chi connectivity index (χ0v) is 10.9. The van der Waals surface area contributed by atoms with Gasteiger partial charge in [0.25, 0.3) is 0 Å². The molecule has 0 saturated heterocycles. The molecule has 1 aromatic heterocycles. The quantitative estimate of drug-likeness (QED) is 0.881. The van der Waals surface area contributed by atoms with Gasteiger partial charge in [0, 0.05) is 18.2 Å². The van der Waals surface area contributed by atoms with Gasteiger partial charge in [-0.3, -0.25) is 0 Å². The van der Waals surface area contributed by atoms with Crippen molar-refractivity contribution in [3.8, 4) is 17.1 Å². The highest BCUT2D eigenvalue weighted by molar-refractivity contribution is 5.58. The van der Waals surface area contributed by atoms with Crippen LogP contribution in [0.2, 0.25) is 0 Å². The van der Waals surface area contributed by atoms with Crippen molar-refractivity contribution in [2.45, 2.75) is 26.5 Å². The standard InChI is InChI=1S/C14H18N2O2/c1-10(2)17-13-6-4-11(5-7-13)14-8-12(9-15-3)16-18-14/h4-8,10,15H,9H2,1-3H3. The number of ether oxygens (including phenoxy) is 1. The molecule has 1 heterocycles. The summed E-state index contributed by atoms with van der Waals surface area (Å²) in [5, 5.41) is 7.02. The van der Waals surface area contributed by atoms with Crippen molar-refractivity contribution in [1.29, 1.82) is 0 Å². The van der Waals surface area contributed by atoms with Gasteiger partial charge in [0.05, 0.1) is 11.8 Å². The van der Waals surface area contributed by atoms with Crippen LogP contribution in [0.3, 0.4) is 0 Å². The maximum absolute atomic E-state index is 5.59. The summed E-state index contributed by atoms with van der Waals surface area (Å²) >= 11 is 0. The van der Waals surface area contributed by atoms with Crippen LogP contribution in [0, 0.1) is 0 Å². The maximum Gasteiger partial charge on any atom is 0.167 e. The maximum atomic E-state index is 5.59. The smallest absolute Gasteiger partial charge is 0.167 e. The largest absolute Gasteiger partial charge is 0.491 e. The van der Waals surface area contributed by atoms with E-state index in [-0.39, 0.29) is 6.10 Å². The van der Waals surface area contributed by atoms with E-state index in [1.165, 1.54) is 0 Å². The molecular weight excluding hydrogens is 228 g/mol. The minimum absolute atomic E-state index is 0.184. The summed E-state index contributed by atoms with van der Waals surface area (Å²) in [6.07, 6.45) is 0.184. The molecule has 0 aliphatic heterocycles. The van der Waals surface area contributed by atoms with Gasteiger partial charge < -0.3 is 14.6 Å². The molecule has 2 aromatic rings. The van der Waals surface area contributed by atoms with Crippen molar-refractivity contribution in [1.82, 2.24) is 10.5 Å². The van der Waals surface area contributed by atoms with Crippen LogP contribution in [0.4, 0.5) is 0 Å². The molecule has 2 rings (SSSR count). The third-order valence-corrected chi connectivity index (χ3v) is 2.43. The average molecular weight is 246 g/mol. The lowest BCUT2D eigenvalue weighted by atomic mass is 10.1. The molecular formula is C14H18N2O2. The summed E-state index contributed by atoms with van der Waals surface area (Å²) in [6, 6.07) is 9.77. The lowest BCUT2D eigenvalue weighted by Crippen LogP contribution is -2.05. The molecule has 96 valence electrons. The molecule has 4 nitrogen and oxygen atoms in total. The van der Waals surface area contributed by atoms with Crippen molar-refractivity contribution in [2.75, 3.05) is 7.05 Å². The normalized spacial score (nSPS) is 10.9. The van der Waals surface area contributed by atoms with Crippen LogP contribution in [0.25, 0.3) is 11.3 Å². The highest BCUT2D eigenvalue weighted by Crippen LogP contribution is 2.23. The van der Waals surface area contributed by atoms with Crippen LogP contribution in [0.5, 0.6) is 5.75 Å². The van der Waals surface area contributed by atoms with Gasteiger partial charge in [0.1, 0.15) is 5.75 Å².